The van der Waals surface area contributed by atoms with Gasteiger partial charge in [0.25, 0.3) is 0 Å². The molecular formula is C15H20N4O. The quantitative estimate of drug-likeness (QED) is 0.760. The highest BCUT2D eigenvalue weighted by Gasteiger charge is 2.03. The van der Waals surface area contributed by atoms with Crippen LogP contribution in [0.25, 0.3) is 5.69 Å². The lowest BCUT2D eigenvalue weighted by atomic mass is 10.2. The molecule has 0 saturated heterocycles. The minimum atomic E-state index is 0.0413. The normalized spacial score (nSPS) is 10.4. The molecule has 2 rings (SSSR count). The number of nitrogens with two attached hydrogens (primary N) is 1. The van der Waals surface area contributed by atoms with Gasteiger partial charge in [-0.1, -0.05) is 12.5 Å². The molecule has 0 unspecified atom stereocenters. The number of unbranched alkanes of at least 4 members (excludes halogenated alkanes) is 2. The number of rotatable bonds is 7. The summed E-state index contributed by atoms with van der Waals surface area (Å²) in [6.45, 7) is 0.688. The number of aromatic nitrogens is 2. The van der Waals surface area contributed by atoms with Crippen LogP contribution in [0, 0.1) is 0 Å². The molecule has 3 N–H and O–H groups in total. The fraction of sp³-hybridized carbons (Fsp3) is 0.333. The second-order valence-corrected chi connectivity index (χ2v) is 4.65. The summed E-state index contributed by atoms with van der Waals surface area (Å²) < 4.78 is 1.76. The molecule has 1 aromatic heterocycles. The molecule has 0 aliphatic carbocycles. The van der Waals surface area contributed by atoms with E-state index in [1.54, 1.807) is 10.9 Å². The number of carbonyl (C=O) groups excluding carboxylic acids is 1. The highest BCUT2D eigenvalue weighted by molar-refractivity contribution is 5.90. The zero-order chi connectivity index (χ0) is 14.2. The van der Waals surface area contributed by atoms with Gasteiger partial charge in [-0.25, -0.2) is 4.68 Å². The van der Waals surface area contributed by atoms with Crippen molar-refractivity contribution >= 4 is 11.6 Å². The van der Waals surface area contributed by atoms with Crippen LogP contribution >= 0.6 is 0 Å². The van der Waals surface area contributed by atoms with Crippen LogP contribution in [0.15, 0.2) is 42.7 Å². The summed E-state index contributed by atoms with van der Waals surface area (Å²) in [4.78, 5) is 11.8. The number of amides is 1. The van der Waals surface area contributed by atoms with Gasteiger partial charge in [-0.3, -0.25) is 4.79 Å². The third kappa shape index (κ3) is 4.20. The lowest BCUT2D eigenvalue weighted by molar-refractivity contribution is -0.116. The summed E-state index contributed by atoms with van der Waals surface area (Å²) in [7, 11) is 0. The smallest absolute Gasteiger partial charge is 0.224 e. The Hall–Kier alpha value is -2.14. The van der Waals surface area contributed by atoms with Crippen molar-refractivity contribution in [2.75, 3.05) is 11.9 Å². The molecule has 0 spiro atoms. The van der Waals surface area contributed by atoms with Gasteiger partial charge in [0.15, 0.2) is 0 Å². The highest BCUT2D eigenvalue weighted by Crippen LogP contribution is 2.14. The Morgan fingerprint density at radius 2 is 2.15 bits per heavy atom. The zero-order valence-corrected chi connectivity index (χ0v) is 11.5. The number of nitrogens with one attached hydrogen (secondary N) is 1. The van der Waals surface area contributed by atoms with E-state index in [2.05, 4.69) is 10.4 Å². The van der Waals surface area contributed by atoms with Gasteiger partial charge in [0.05, 0.1) is 5.69 Å². The summed E-state index contributed by atoms with van der Waals surface area (Å²) in [6, 6.07) is 9.50. The van der Waals surface area contributed by atoms with E-state index >= 15 is 0 Å². The van der Waals surface area contributed by atoms with E-state index in [4.69, 9.17) is 5.73 Å². The molecule has 0 fully saturated rings. The topological polar surface area (TPSA) is 72.9 Å². The van der Waals surface area contributed by atoms with Crippen molar-refractivity contribution in [2.24, 2.45) is 5.73 Å². The molecule has 1 aromatic carbocycles. The first-order valence-electron chi connectivity index (χ1n) is 6.89. The lowest BCUT2D eigenvalue weighted by Crippen LogP contribution is -2.11. The molecule has 0 bridgehead atoms. The number of anilines is 1. The van der Waals surface area contributed by atoms with Crippen LogP contribution in [0.2, 0.25) is 0 Å². The van der Waals surface area contributed by atoms with Crippen LogP contribution in [0.4, 0.5) is 5.69 Å². The van der Waals surface area contributed by atoms with E-state index in [1.807, 2.05) is 36.5 Å². The second-order valence-electron chi connectivity index (χ2n) is 4.65. The first-order valence-corrected chi connectivity index (χ1v) is 6.89. The van der Waals surface area contributed by atoms with E-state index in [0.717, 1.165) is 30.6 Å². The van der Waals surface area contributed by atoms with Gasteiger partial charge in [-0.05, 0) is 43.7 Å². The summed E-state index contributed by atoms with van der Waals surface area (Å²) in [5.74, 6) is 0.0413. The zero-order valence-electron chi connectivity index (χ0n) is 11.5. The molecule has 0 aliphatic rings. The fourth-order valence-electron chi connectivity index (χ4n) is 1.98. The average molecular weight is 272 g/mol. The molecular weight excluding hydrogens is 252 g/mol. The van der Waals surface area contributed by atoms with E-state index in [-0.39, 0.29) is 5.91 Å². The minimum absolute atomic E-state index is 0.0413. The Balaban J connectivity index is 1.90. The maximum Gasteiger partial charge on any atom is 0.224 e. The van der Waals surface area contributed by atoms with Crippen LogP contribution < -0.4 is 11.1 Å². The summed E-state index contributed by atoms with van der Waals surface area (Å²) in [5.41, 5.74) is 7.14. The summed E-state index contributed by atoms with van der Waals surface area (Å²) in [6.07, 6.45) is 6.98. The van der Waals surface area contributed by atoms with E-state index in [9.17, 15) is 4.79 Å². The minimum Gasteiger partial charge on any atom is -0.330 e. The molecule has 1 amide bonds. The third-order valence-electron chi connectivity index (χ3n) is 3.01. The molecule has 0 aliphatic heterocycles. The molecule has 20 heavy (non-hydrogen) atoms. The molecule has 106 valence electrons. The fourth-order valence-corrected chi connectivity index (χ4v) is 1.98. The molecule has 5 heteroatoms. The Morgan fingerprint density at radius 1 is 1.25 bits per heavy atom. The van der Waals surface area contributed by atoms with Crippen LogP contribution in [-0.4, -0.2) is 22.2 Å². The van der Waals surface area contributed by atoms with Gasteiger partial charge in [-0.15, -0.1) is 0 Å². The molecule has 0 saturated carbocycles. The SMILES string of the molecule is NCCCCCC(=O)Nc1cccc(-n2cccn2)c1. The van der Waals surface area contributed by atoms with Crippen molar-refractivity contribution in [3.05, 3.63) is 42.7 Å². The lowest BCUT2D eigenvalue weighted by Gasteiger charge is -2.07. The highest BCUT2D eigenvalue weighted by atomic mass is 16.1. The van der Waals surface area contributed by atoms with Gasteiger partial charge < -0.3 is 11.1 Å². The number of nitrogens with zero attached hydrogens (tertiary/aromatic N) is 2. The van der Waals surface area contributed by atoms with Crippen molar-refractivity contribution < 1.29 is 4.79 Å². The Kier molecular flexibility index (Phi) is 5.32. The molecule has 5 nitrogen and oxygen atoms in total. The second kappa shape index (κ2) is 7.45. The number of carbonyl (C=O) groups is 1. The van der Waals surface area contributed by atoms with E-state index in [1.165, 1.54) is 0 Å². The summed E-state index contributed by atoms with van der Waals surface area (Å²) in [5, 5.41) is 7.08. The van der Waals surface area contributed by atoms with Gasteiger partial charge in [0, 0.05) is 24.5 Å². The van der Waals surface area contributed by atoms with Crippen molar-refractivity contribution in [1.29, 1.82) is 0 Å². The van der Waals surface area contributed by atoms with E-state index < -0.39 is 0 Å². The van der Waals surface area contributed by atoms with Crippen LogP contribution in [0.3, 0.4) is 0 Å². The van der Waals surface area contributed by atoms with Crippen molar-refractivity contribution in [3.63, 3.8) is 0 Å². The van der Waals surface area contributed by atoms with Crippen LogP contribution in [0.1, 0.15) is 25.7 Å². The maximum atomic E-state index is 11.8. The van der Waals surface area contributed by atoms with E-state index in [0.29, 0.717) is 13.0 Å². The Bertz CT molecular complexity index is 537. The number of hydrogen-bond donors (Lipinski definition) is 2. The summed E-state index contributed by atoms with van der Waals surface area (Å²) >= 11 is 0. The van der Waals surface area contributed by atoms with Crippen molar-refractivity contribution in [2.45, 2.75) is 25.7 Å². The molecule has 0 atom stereocenters. The van der Waals surface area contributed by atoms with Gasteiger partial charge in [-0.2, -0.15) is 5.10 Å². The third-order valence-corrected chi connectivity index (χ3v) is 3.01. The number of benzene rings is 1. The number of hydrogen-bond acceptors (Lipinski definition) is 3. The predicted molar refractivity (Wildman–Crippen MR) is 79.7 cm³/mol. The molecule has 1 heterocycles. The Morgan fingerprint density at radius 3 is 2.90 bits per heavy atom. The van der Waals surface area contributed by atoms with Crippen LogP contribution in [-0.2, 0) is 4.79 Å². The predicted octanol–water partition coefficient (Wildman–Crippen LogP) is 2.33. The van der Waals surface area contributed by atoms with Crippen molar-refractivity contribution in [3.8, 4) is 5.69 Å². The van der Waals surface area contributed by atoms with Crippen molar-refractivity contribution in [1.82, 2.24) is 9.78 Å². The van der Waals surface area contributed by atoms with Gasteiger partial charge >= 0.3 is 0 Å². The molecule has 0 radical (unpaired) electrons. The van der Waals surface area contributed by atoms with Gasteiger partial charge in [0.2, 0.25) is 5.91 Å². The largest absolute Gasteiger partial charge is 0.330 e. The Labute approximate surface area is 118 Å². The van der Waals surface area contributed by atoms with Gasteiger partial charge in [0.1, 0.15) is 0 Å². The standard InChI is InChI=1S/C15H20N4O/c16-9-3-1-2-8-15(20)18-13-6-4-7-14(12-13)19-11-5-10-17-19/h4-7,10-12H,1-3,8-9,16H2,(H,18,20). The maximum absolute atomic E-state index is 11.8. The first-order chi connectivity index (χ1) is 9.79. The first kappa shape index (κ1) is 14.3. The molecule has 2 aromatic rings. The monoisotopic (exact) mass is 272 g/mol. The van der Waals surface area contributed by atoms with Crippen LogP contribution in [0.5, 0.6) is 0 Å². The average Bonchev–Trinajstić information content (AvgIpc) is 2.98.